The first-order valence-corrected chi connectivity index (χ1v) is 4.80. The fourth-order valence-corrected chi connectivity index (χ4v) is 2.01. The van der Waals surface area contributed by atoms with Crippen molar-refractivity contribution in [1.82, 2.24) is 0 Å². The lowest BCUT2D eigenvalue weighted by atomic mass is 9.80. The highest BCUT2D eigenvalue weighted by Gasteiger charge is 2.28. The highest BCUT2D eigenvalue weighted by atomic mass is 16.1. The molecule has 0 heterocycles. The zero-order chi connectivity index (χ0) is 9.84. The summed E-state index contributed by atoms with van der Waals surface area (Å²) in [4.78, 5) is 22.5. The Morgan fingerprint density at radius 1 is 1.31 bits per heavy atom. The fraction of sp³-hybridized carbons (Fsp3) is 0.636. The molecule has 1 aliphatic carbocycles. The maximum absolute atomic E-state index is 11.2. The van der Waals surface area contributed by atoms with Crippen molar-refractivity contribution in [2.45, 2.75) is 33.1 Å². The molecule has 2 nitrogen and oxygen atoms in total. The summed E-state index contributed by atoms with van der Waals surface area (Å²) in [6.07, 6.45) is 7.25. The second-order valence-corrected chi connectivity index (χ2v) is 3.72. The molecule has 0 aromatic carbocycles. The topological polar surface area (TPSA) is 34.1 Å². The van der Waals surface area contributed by atoms with Gasteiger partial charge in [-0.3, -0.25) is 9.59 Å². The van der Waals surface area contributed by atoms with Crippen molar-refractivity contribution in [3.05, 3.63) is 12.2 Å². The van der Waals surface area contributed by atoms with Gasteiger partial charge in [-0.05, 0) is 39.0 Å². The van der Waals surface area contributed by atoms with E-state index >= 15 is 0 Å². The van der Waals surface area contributed by atoms with Gasteiger partial charge < -0.3 is 0 Å². The molecule has 0 N–H and O–H groups in total. The first kappa shape index (κ1) is 10.2. The van der Waals surface area contributed by atoms with E-state index in [1.165, 1.54) is 13.8 Å². The summed E-state index contributed by atoms with van der Waals surface area (Å²) in [5.74, 6) is -0.228. The second kappa shape index (κ2) is 4.35. The number of carbonyl (C=O) groups is 2. The summed E-state index contributed by atoms with van der Waals surface area (Å²) in [6, 6.07) is 0. The number of ketones is 2. The highest BCUT2D eigenvalue weighted by Crippen LogP contribution is 2.26. The third kappa shape index (κ3) is 2.51. The normalized spacial score (nSPS) is 21.9. The Kier molecular flexibility index (Phi) is 3.40. The van der Waals surface area contributed by atoms with Crippen molar-refractivity contribution in [3.8, 4) is 0 Å². The van der Waals surface area contributed by atoms with Crippen LogP contribution < -0.4 is 0 Å². The van der Waals surface area contributed by atoms with Crippen molar-refractivity contribution in [2.24, 2.45) is 11.8 Å². The zero-order valence-corrected chi connectivity index (χ0v) is 8.25. The Balaban J connectivity index is 2.74. The molecule has 0 spiro atoms. The molecule has 1 rings (SSSR count). The molecular weight excluding hydrogens is 164 g/mol. The van der Waals surface area contributed by atoms with Gasteiger partial charge in [-0.15, -0.1) is 0 Å². The van der Waals surface area contributed by atoms with Crippen LogP contribution in [0.15, 0.2) is 12.2 Å². The smallest absolute Gasteiger partial charge is 0.140 e. The molecule has 0 bridgehead atoms. The van der Waals surface area contributed by atoms with Gasteiger partial charge in [0.25, 0.3) is 0 Å². The minimum atomic E-state index is -0.392. The van der Waals surface area contributed by atoms with Crippen LogP contribution in [0.5, 0.6) is 0 Å². The molecule has 0 aliphatic heterocycles. The lowest BCUT2D eigenvalue weighted by Crippen LogP contribution is -2.28. The standard InChI is InChI=1S/C11H16O2/c1-8(12)11(9(2)13)10-6-4-3-5-7-10/h4,6,10-11H,3,5,7H2,1-2H3. The highest BCUT2D eigenvalue weighted by molar-refractivity contribution is 6.00. The third-order valence-corrected chi connectivity index (χ3v) is 2.60. The summed E-state index contributed by atoms with van der Waals surface area (Å²) in [6.45, 7) is 3.02. The maximum atomic E-state index is 11.2. The van der Waals surface area contributed by atoms with Gasteiger partial charge in [-0.25, -0.2) is 0 Å². The lowest BCUT2D eigenvalue weighted by Gasteiger charge is -2.22. The van der Waals surface area contributed by atoms with E-state index in [0.29, 0.717) is 0 Å². The molecule has 0 saturated heterocycles. The Labute approximate surface area is 79.0 Å². The second-order valence-electron chi connectivity index (χ2n) is 3.72. The molecule has 0 saturated carbocycles. The van der Waals surface area contributed by atoms with Gasteiger partial charge in [0.05, 0.1) is 5.92 Å². The third-order valence-electron chi connectivity index (χ3n) is 2.60. The summed E-state index contributed by atoms with van der Waals surface area (Å²) in [7, 11) is 0. The average Bonchev–Trinajstić information content (AvgIpc) is 2.04. The molecule has 0 amide bonds. The van der Waals surface area contributed by atoms with Crippen LogP contribution >= 0.6 is 0 Å². The number of hydrogen-bond acceptors (Lipinski definition) is 2. The maximum Gasteiger partial charge on any atom is 0.140 e. The molecule has 13 heavy (non-hydrogen) atoms. The number of Topliss-reactive ketones (excluding diaryl/α,β-unsaturated/α-hetero) is 2. The molecule has 1 atom stereocenters. The van der Waals surface area contributed by atoms with E-state index in [2.05, 4.69) is 6.08 Å². The summed E-state index contributed by atoms with van der Waals surface area (Å²) in [5.41, 5.74) is 0. The van der Waals surface area contributed by atoms with E-state index < -0.39 is 5.92 Å². The van der Waals surface area contributed by atoms with Crippen molar-refractivity contribution in [2.75, 3.05) is 0 Å². The largest absolute Gasteiger partial charge is 0.299 e. The van der Waals surface area contributed by atoms with Crippen molar-refractivity contribution >= 4 is 11.6 Å². The zero-order valence-electron chi connectivity index (χ0n) is 8.25. The van der Waals surface area contributed by atoms with Crippen LogP contribution in [-0.2, 0) is 9.59 Å². The Hall–Kier alpha value is -0.920. The number of allylic oxidation sites excluding steroid dienone is 2. The molecule has 0 aromatic heterocycles. The van der Waals surface area contributed by atoms with Crippen LogP contribution in [0, 0.1) is 11.8 Å². The Morgan fingerprint density at radius 3 is 2.31 bits per heavy atom. The molecule has 1 aliphatic rings. The average molecular weight is 180 g/mol. The van der Waals surface area contributed by atoms with Crippen LogP contribution in [-0.4, -0.2) is 11.6 Å². The van der Waals surface area contributed by atoms with Crippen molar-refractivity contribution < 1.29 is 9.59 Å². The predicted molar refractivity (Wildman–Crippen MR) is 51.3 cm³/mol. The number of hydrogen-bond donors (Lipinski definition) is 0. The summed E-state index contributed by atoms with van der Waals surface area (Å²) in [5, 5.41) is 0. The summed E-state index contributed by atoms with van der Waals surface area (Å²) >= 11 is 0. The SMILES string of the molecule is CC(=O)C(C(C)=O)C1C=CCCC1. The number of carbonyl (C=O) groups excluding carboxylic acids is 2. The Morgan fingerprint density at radius 2 is 1.92 bits per heavy atom. The molecule has 0 fully saturated rings. The quantitative estimate of drug-likeness (QED) is 0.492. The molecule has 2 heteroatoms. The van der Waals surface area contributed by atoms with E-state index in [0.717, 1.165) is 19.3 Å². The van der Waals surface area contributed by atoms with Crippen molar-refractivity contribution in [1.29, 1.82) is 0 Å². The van der Waals surface area contributed by atoms with Crippen LogP contribution in [0.4, 0.5) is 0 Å². The van der Waals surface area contributed by atoms with E-state index in [4.69, 9.17) is 0 Å². The molecule has 72 valence electrons. The van der Waals surface area contributed by atoms with Gasteiger partial charge in [0, 0.05) is 0 Å². The summed E-state index contributed by atoms with van der Waals surface area (Å²) < 4.78 is 0. The van der Waals surface area contributed by atoms with Gasteiger partial charge in [0.1, 0.15) is 11.6 Å². The van der Waals surface area contributed by atoms with Gasteiger partial charge in [-0.2, -0.15) is 0 Å². The first-order chi connectivity index (χ1) is 6.13. The fourth-order valence-electron chi connectivity index (χ4n) is 2.01. The van der Waals surface area contributed by atoms with Crippen LogP contribution in [0.2, 0.25) is 0 Å². The minimum absolute atomic E-state index is 0.00375. The molecule has 0 aromatic rings. The minimum Gasteiger partial charge on any atom is -0.299 e. The molecule has 0 radical (unpaired) electrons. The van der Waals surface area contributed by atoms with E-state index in [1.807, 2.05) is 6.08 Å². The van der Waals surface area contributed by atoms with Crippen molar-refractivity contribution in [3.63, 3.8) is 0 Å². The van der Waals surface area contributed by atoms with Gasteiger partial charge >= 0.3 is 0 Å². The van der Waals surface area contributed by atoms with E-state index in [-0.39, 0.29) is 17.5 Å². The van der Waals surface area contributed by atoms with Gasteiger partial charge in [0.2, 0.25) is 0 Å². The monoisotopic (exact) mass is 180 g/mol. The molecular formula is C11H16O2. The Bertz CT molecular complexity index is 226. The van der Waals surface area contributed by atoms with E-state index in [9.17, 15) is 9.59 Å². The van der Waals surface area contributed by atoms with Gasteiger partial charge in [0.15, 0.2) is 0 Å². The van der Waals surface area contributed by atoms with E-state index in [1.54, 1.807) is 0 Å². The van der Waals surface area contributed by atoms with Crippen LogP contribution in [0.3, 0.4) is 0 Å². The van der Waals surface area contributed by atoms with Gasteiger partial charge in [-0.1, -0.05) is 12.2 Å². The number of rotatable bonds is 3. The lowest BCUT2D eigenvalue weighted by molar-refractivity contribution is -0.132. The predicted octanol–water partition coefficient (Wildman–Crippen LogP) is 2.14. The van der Waals surface area contributed by atoms with Crippen LogP contribution in [0.25, 0.3) is 0 Å². The van der Waals surface area contributed by atoms with Crippen LogP contribution in [0.1, 0.15) is 33.1 Å². The molecule has 1 unspecified atom stereocenters. The first-order valence-electron chi connectivity index (χ1n) is 4.80.